The van der Waals surface area contributed by atoms with Crippen LogP contribution in [0.3, 0.4) is 0 Å². The van der Waals surface area contributed by atoms with Crippen molar-refractivity contribution >= 4 is 13.3 Å². The van der Waals surface area contributed by atoms with Crippen molar-refractivity contribution in [3.05, 3.63) is 54.1 Å². The topological polar surface area (TPSA) is 0 Å². The molecule has 1 aromatic rings. The lowest BCUT2D eigenvalue weighted by atomic mass is 10.0. The molecule has 84 valence electrons. The molecule has 1 aromatic carbocycles. The molecule has 0 heterocycles. The minimum absolute atomic E-state index is 0.609. The molecule has 0 spiro atoms. The fourth-order valence-corrected chi connectivity index (χ4v) is 4.04. The predicted octanol–water partition coefficient (Wildman–Crippen LogP) is 3.52. The Hall–Kier alpha value is -1.08. The van der Waals surface area contributed by atoms with Gasteiger partial charge in [0.15, 0.2) is 0 Å². The van der Waals surface area contributed by atoms with Gasteiger partial charge in [-0.2, -0.15) is 0 Å². The molecule has 2 rings (SSSR count). The molecule has 16 heavy (non-hydrogen) atoms. The number of rotatable bonds is 3. The van der Waals surface area contributed by atoms with E-state index in [1.54, 1.807) is 10.8 Å². The number of benzene rings is 1. The highest BCUT2D eigenvalue weighted by Crippen LogP contribution is 2.16. The third-order valence-corrected chi connectivity index (χ3v) is 5.21. The Kier molecular flexibility index (Phi) is 3.15. The lowest BCUT2D eigenvalue weighted by Crippen LogP contribution is -2.40. The monoisotopic (exact) mass is 228 g/mol. The van der Waals surface area contributed by atoms with Crippen LogP contribution in [0.15, 0.2) is 48.6 Å². The van der Waals surface area contributed by atoms with Gasteiger partial charge in [0, 0.05) is 0 Å². The molecular weight excluding hydrogens is 208 g/mol. The van der Waals surface area contributed by atoms with Gasteiger partial charge >= 0.3 is 0 Å². The van der Waals surface area contributed by atoms with Crippen LogP contribution in [0.5, 0.6) is 0 Å². The normalized spacial score (nSPS) is 15.9. The molecule has 0 N–H and O–H groups in total. The van der Waals surface area contributed by atoms with E-state index >= 15 is 0 Å². The van der Waals surface area contributed by atoms with Crippen molar-refractivity contribution in [2.75, 3.05) is 0 Å². The summed E-state index contributed by atoms with van der Waals surface area (Å²) in [6, 6.07) is 8.97. The predicted molar refractivity (Wildman–Crippen MR) is 74.9 cm³/mol. The smallest absolute Gasteiger partial charge is 0.0773 e. The molecule has 0 aliphatic heterocycles. The van der Waals surface area contributed by atoms with Crippen LogP contribution < -0.4 is 5.19 Å². The molecule has 0 unspecified atom stereocenters. The summed E-state index contributed by atoms with van der Waals surface area (Å²) in [4.78, 5) is 0. The Balaban J connectivity index is 2.26. The first-order valence-electron chi connectivity index (χ1n) is 6.01. The van der Waals surface area contributed by atoms with Crippen molar-refractivity contribution in [3.8, 4) is 0 Å². The lowest BCUT2D eigenvalue weighted by molar-refractivity contribution is 0.819. The average molecular weight is 228 g/mol. The molecule has 0 saturated heterocycles. The van der Waals surface area contributed by atoms with E-state index < -0.39 is 8.07 Å². The van der Waals surface area contributed by atoms with Crippen LogP contribution in [0.2, 0.25) is 19.6 Å². The second-order valence-corrected chi connectivity index (χ2v) is 10.6. The summed E-state index contributed by atoms with van der Waals surface area (Å²) in [7, 11) is -1.20. The van der Waals surface area contributed by atoms with E-state index in [0.717, 1.165) is 6.42 Å². The van der Waals surface area contributed by atoms with Crippen LogP contribution in [0.4, 0.5) is 0 Å². The maximum Gasteiger partial charge on any atom is 0.0779 e. The van der Waals surface area contributed by atoms with Crippen molar-refractivity contribution in [3.63, 3.8) is 0 Å². The number of allylic oxidation sites excluding steroid dienone is 4. The van der Waals surface area contributed by atoms with Gasteiger partial charge in [0.25, 0.3) is 0 Å². The van der Waals surface area contributed by atoms with Gasteiger partial charge in [-0.1, -0.05) is 73.4 Å². The van der Waals surface area contributed by atoms with Gasteiger partial charge in [0.1, 0.15) is 0 Å². The van der Waals surface area contributed by atoms with Crippen LogP contribution >= 0.6 is 0 Å². The van der Waals surface area contributed by atoms with Crippen LogP contribution in [-0.2, 0) is 6.42 Å². The number of hydrogen-bond acceptors (Lipinski definition) is 0. The third kappa shape index (κ3) is 2.53. The fourth-order valence-electron chi connectivity index (χ4n) is 2.30. The Labute approximate surface area is 99.7 Å². The standard InChI is InChI=1S/C15H20Si/c1-16(2,3)15-11-7-6-10-14(15)12-13-8-4-5-9-13/h4-11,13H,12H2,1-3H3. The van der Waals surface area contributed by atoms with E-state index in [1.165, 1.54) is 0 Å². The first-order chi connectivity index (χ1) is 7.57. The van der Waals surface area contributed by atoms with E-state index in [-0.39, 0.29) is 0 Å². The van der Waals surface area contributed by atoms with E-state index in [9.17, 15) is 0 Å². The van der Waals surface area contributed by atoms with Gasteiger partial charge in [0.05, 0.1) is 8.07 Å². The average Bonchev–Trinajstić information content (AvgIpc) is 2.70. The van der Waals surface area contributed by atoms with E-state index in [2.05, 4.69) is 68.2 Å². The summed E-state index contributed by atoms with van der Waals surface area (Å²) >= 11 is 0. The van der Waals surface area contributed by atoms with Crippen molar-refractivity contribution in [2.24, 2.45) is 5.92 Å². The minimum atomic E-state index is -1.20. The van der Waals surface area contributed by atoms with Gasteiger partial charge in [-0.3, -0.25) is 0 Å². The largest absolute Gasteiger partial charge is 0.0779 e. The van der Waals surface area contributed by atoms with Crippen LogP contribution in [-0.4, -0.2) is 8.07 Å². The third-order valence-electron chi connectivity index (χ3n) is 3.11. The first kappa shape index (κ1) is 11.4. The van der Waals surface area contributed by atoms with Gasteiger partial charge in [-0.15, -0.1) is 0 Å². The van der Waals surface area contributed by atoms with Crippen LogP contribution in [0, 0.1) is 5.92 Å². The highest BCUT2D eigenvalue weighted by atomic mass is 28.3. The summed E-state index contributed by atoms with van der Waals surface area (Å²) in [5, 5.41) is 1.61. The van der Waals surface area contributed by atoms with Crippen LogP contribution in [0.1, 0.15) is 5.56 Å². The molecule has 0 fully saturated rings. The molecule has 0 bridgehead atoms. The van der Waals surface area contributed by atoms with Gasteiger partial charge in [-0.05, 0) is 17.9 Å². The molecule has 0 saturated carbocycles. The van der Waals surface area contributed by atoms with Gasteiger partial charge < -0.3 is 0 Å². The van der Waals surface area contributed by atoms with Gasteiger partial charge in [0.2, 0.25) is 0 Å². The zero-order valence-electron chi connectivity index (χ0n) is 10.4. The molecule has 0 amide bonds. The quantitative estimate of drug-likeness (QED) is 0.694. The summed E-state index contributed by atoms with van der Waals surface area (Å²) in [6.45, 7) is 7.27. The van der Waals surface area contributed by atoms with Crippen LogP contribution in [0.25, 0.3) is 0 Å². The molecule has 0 nitrogen and oxygen atoms in total. The summed E-state index contributed by atoms with van der Waals surface area (Å²) in [5.41, 5.74) is 1.54. The molecule has 0 radical (unpaired) electrons. The second kappa shape index (κ2) is 4.42. The Morgan fingerprint density at radius 1 is 1.00 bits per heavy atom. The summed E-state index contributed by atoms with van der Waals surface area (Å²) in [5.74, 6) is 0.609. The van der Waals surface area contributed by atoms with Crippen molar-refractivity contribution in [1.82, 2.24) is 0 Å². The zero-order chi connectivity index (χ0) is 11.6. The highest BCUT2D eigenvalue weighted by molar-refractivity contribution is 6.89. The molecule has 0 aromatic heterocycles. The van der Waals surface area contributed by atoms with E-state index in [4.69, 9.17) is 0 Å². The van der Waals surface area contributed by atoms with E-state index in [0.29, 0.717) is 5.92 Å². The maximum atomic E-state index is 2.42. The van der Waals surface area contributed by atoms with Crippen molar-refractivity contribution < 1.29 is 0 Å². The number of hydrogen-bond donors (Lipinski definition) is 0. The molecule has 1 aliphatic rings. The van der Waals surface area contributed by atoms with Crippen molar-refractivity contribution in [1.29, 1.82) is 0 Å². The molecule has 0 atom stereocenters. The molecule has 1 aliphatic carbocycles. The Bertz CT molecular complexity index is 409. The summed E-state index contributed by atoms with van der Waals surface area (Å²) < 4.78 is 0. The van der Waals surface area contributed by atoms with E-state index in [1.807, 2.05) is 0 Å². The minimum Gasteiger partial charge on any atom is -0.0773 e. The van der Waals surface area contributed by atoms with Gasteiger partial charge in [-0.25, -0.2) is 0 Å². The Morgan fingerprint density at radius 3 is 2.25 bits per heavy atom. The second-order valence-electron chi connectivity index (χ2n) is 5.54. The highest BCUT2D eigenvalue weighted by Gasteiger charge is 2.20. The molecular formula is C15H20Si. The first-order valence-corrected chi connectivity index (χ1v) is 9.51. The lowest BCUT2D eigenvalue weighted by Gasteiger charge is -2.21. The van der Waals surface area contributed by atoms with Crippen molar-refractivity contribution in [2.45, 2.75) is 26.1 Å². The maximum absolute atomic E-state index is 2.42. The fraction of sp³-hybridized carbons (Fsp3) is 0.333. The summed E-state index contributed by atoms with van der Waals surface area (Å²) in [6.07, 6.45) is 10.1. The molecule has 1 heteroatoms. The SMILES string of the molecule is C[Si](C)(C)c1ccccc1CC1C=CC=C1. The zero-order valence-corrected chi connectivity index (χ0v) is 11.4. The Morgan fingerprint density at radius 2 is 1.62 bits per heavy atom.